The third-order valence-electron chi connectivity index (χ3n) is 7.31. The van der Waals surface area contributed by atoms with Crippen molar-refractivity contribution in [2.24, 2.45) is 0 Å². The number of amides is 2. The average Bonchev–Trinajstić information content (AvgIpc) is 3.68. The standard InChI is InChI=1S/C25H26F2N2O2/c26-18-8-4-16(5-9-18)24(12-13-24)22(30)28-20-2-1-3-21(20)29-23(31)25(14-15-25)17-6-10-19(27)11-7-17/h4-11,20-21H,1-3,12-15H2,(H,28,30)(H,29,31). The van der Waals surface area contributed by atoms with E-state index in [1.165, 1.54) is 24.3 Å². The summed E-state index contributed by atoms with van der Waals surface area (Å²) >= 11 is 0. The van der Waals surface area contributed by atoms with Crippen LogP contribution in [0.1, 0.15) is 56.1 Å². The zero-order chi connectivity index (χ0) is 21.6. The van der Waals surface area contributed by atoms with Gasteiger partial charge in [-0.25, -0.2) is 8.78 Å². The fourth-order valence-electron chi connectivity index (χ4n) is 5.00. The Morgan fingerprint density at radius 1 is 0.677 bits per heavy atom. The smallest absolute Gasteiger partial charge is 0.230 e. The van der Waals surface area contributed by atoms with Gasteiger partial charge in [0.05, 0.1) is 10.8 Å². The van der Waals surface area contributed by atoms with Gasteiger partial charge in [0.2, 0.25) is 11.8 Å². The second-order valence-electron chi connectivity index (χ2n) is 9.27. The molecule has 4 nitrogen and oxygen atoms in total. The van der Waals surface area contributed by atoms with Gasteiger partial charge in [-0.2, -0.15) is 0 Å². The number of halogens is 2. The SMILES string of the molecule is O=C(NC1CCCC1NC(=O)C1(c2ccc(F)cc2)CC1)C1(c2ccc(F)cc2)CC1. The van der Waals surface area contributed by atoms with Crippen LogP contribution in [0.25, 0.3) is 0 Å². The molecule has 5 rings (SSSR count). The van der Waals surface area contributed by atoms with E-state index >= 15 is 0 Å². The highest BCUT2D eigenvalue weighted by molar-refractivity contribution is 5.93. The Kier molecular flexibility index (Phi) is 4.83. The summed E-state index contributed by atoms with van der Waals surface area (Å²) < 4.78 is 26.6. The lowest BCUT2D eigenvalue weighted by molar-refractivity contribution is -0.126. The molecule has 3 fully saturated rings. The van der Waals surface area contributed by atoms with E-state index in [1.807, 2.05) is 0 Å². The summed E-state index contributed by atoms with van der Waals surface area (Å²) in [6.45, 7) is 0. The normalized spacial score (nSPS) is 25.0. The van der Waals surface area contributed by atoms with Crippen molar-refractivity contribution >= 4 is 11.8 Å². The molecule has 0 aliphatic heterocycles. The van der Waals surface area contributed by atoms with E-state index in [2.05, 4.69) is 10.6 Å². The van der Waals surface area contributed by atoms with Crippen molar-refractivity contribution in [3.05, 3.63) is 71.3 Å². The Morgan fingerprint density at radius 2 is 1.03 bits per heavy atom. The number of rotatable bonds is 6. The van der Waals surface area contributed by atoms with Crippen LogP contribution in [0.15, 0.2) is 48.5 Å². The highest BCUT2D eigenvalue weighted by Gasteiger charge is 2.54. The molecule has 0 spiro atoms. The molecule has 3 aliphatic rings. The van der Waals surface area contributed by atoms with Crippen LogP contribution in [0.4, 0.5) is 8.78 Å². The van der Waals surface area contributed by atoms with Gasteiger partial charge in [0, 0.05) is 12.1 Å². The van der Waals surface area contributed by atoms with Crippen LogP contribution in [0, 0.1) is 11.6 Å². The predicted octanol–water partition coefficient (Wildman–Crippen LogP) is 3.88. The van der Waals surface area contributed by atoms with Crippen molar-refractivity contribution in [1.29, 1.82) is 0 Å². The van der Waals surface area contributed by atoms with Crippen LogP contribution < -0.4 is 10.6 Å². The molecule has 162 valence electrons. The first kappa shape index (κ1) is 20.2. The zero-order valence-electron chi connectivity index (χ0n) is 17.3. The molecule has 2 aromatic rings. The second-order valence-corrected chi connectivity index (χ2v) is 9.27. The van der Waals surface area contributed by atoms with Gasteiger partial charge in [0.15, 0.2) is 0 Å². The molecule has 31 heavy (non-hydrogen) atoms. The molecule has 2 N–H and O–H groups in total. The third-order valence-corrected chi connectivity index (χ3v) is 7.31. The minimum absolute atomic E-state index is 0.0371. The van der Waals surface area contributed by atoms with Crippen LogP contribution in [-0.2, 0) is 20.4 Å². The van der Waals surface area contributed by atoms with Crippen molar-refractivity contribution in [2.75, 3.05) is 0 Å². The molecule has 2 aromatic carbocycles. The maximum atomic E-state index is 13.3. The lowest BCUT2D eigenvalue weighted by atomic mass is 9.93. The highest BCUT2D eigenvalue weighted by atomic mass is 19.1. The first-order valence-electron chi connectivity index (χ1n) is 11.1. The molecule has 0 aromatic heterocycles. The van der Waals surface area contributed by atoms with Crippen LogP contribution in [0.2, 0.25) is 0 Å². The summed E-state index contributed by atoms with van der Waals surface area (Å²) in [4.78, 5) is 26.2. The van der Waals surface area contributed by atoms with Crippen molar-refractivity contribution in [3.63, 3.8) is 0 Å². The van der Waals surface area contributed by atoms with Crippen molar-refractivity contribution in [1.82, 2.24) is 10.6 Å². The average molecular weight is 424 g/mol. The molecule has 0 bridgehead atoms. The van der Waals surface area contributed by atoms with Gasteiger partial charge in [-0.05, 0) is 80.3 Å². The number of carbonyl (C=O) groups excluding carboxylic acids is 2. The number of nitrogens with one attached hydrogen (secondary N) is 2. The summed E-state index contributed by atoms with van der Waals surface area (Å²) in [5.41, 5.74) is 0.546. The highest BCUT2D eigenvalue weighted by Crippen LogP contribution is 2.50. The molecule has 0 heterocycles. The molecule has 2 amide bonds. The minimum atomic E-state index is -0.573. The van der Waals surface area contributed by atoms with Crippen LogP contribution in [0.3, 0.4) is 0 Å². The molecule has 6 heteroatoms. The Bertz CT molecular complexity index is 914. The summed E-state index contributed by atoms with van der Waals surface area (Å²) in [7, 11) is 0. The fraction of sp³-hybridized carbons (Fsp3) is 0.440. The van der Waals surface area contributed by atoms with Crippen molar-refractivity contribution in [2.45, 2.75) is 67.9 Å². The minimum Gasteiger partial charge on any atom is -0.351 e. The Hall–Kier alpha value is -2.76. The van der Waals surface area contributed by atoms with E-state index in [4.69, 9.17) is 0 Å². The van der Waals surface area contributed by atoms with Gasteiger partial charge in [0.25, 0.3) is 0 Å². The first-order chi connectivity index (χ1) is 14.9. The van der Waals surface area contributed by atoms with Crippen molar-refractivity contribution in [3.8, 4) is 0 Å². The summed E-state index contributed by atoms with van der Waals surface area (Å²) in [6, 6.07) is 12.1. The quantitative estimate of drug-likeness (QED) is 0.739. The Morgan fingerprint density at radius 3 is 1.35 bits per heavy atom. The largest absolute Gasteiger partial charge is 0.351 e. The van der Waals surface area contributed by atoms with E-state index in [9.17, 15) is 18.4 Å². The van der Waals surface area contributed by atoms with E-state index in [0.717, 1.165) is 56.1 Å². The van der Waals surface area contributed by atoms with Gasteiger partial charge >= 0.3 is 0 Å². The first-order valence-corrected chi connectivity index (χ1v) is 11.1. The van der Waals surface area contributed by atoms with Gasteiger partial charge < -0.3 is 10.6 Å². The Labute approximate surface area is 180 Å². The summed E-state index contributed by atoms with van der Waals surface area (Å²) in [5.74, 6) is -0.697. The van der Waals surface area contributed by atoms with E-state index in [1.54, 1.807) is 24.3 Å². The fourth-order valence-corrected chi connectivity index (χ4v) is 5.00. The van der Waals surface area contributed by atoms with Crippen LogP contribution >= 0.6 is 0 Å². The molecule has 0 saturated heterocycles. The second kappa shape index (κ2) is 7.43. The lowest BCUT2D eigenvalue weighted by Gasteiger charge is -2.27. The van der Waals surface area contributed by atoms with Gasteiger partial charge in [-0.3, -0.25) is 9.59 Å². The molecule has 3 saturated carbocycles. The third kappa shape index (κ3) is 3.62. The molecule has 3 aliphatic carbocycles. The number of carbonyl (C=O) groups is 2. The van der Waals surface area contributed by atoms with E-state index < -0.39 is 10.8 Å². The predicted molar refractivity (Wildman–Crippen MR) is 112 cm³/mol. The lowest BCUT2D eigenvalue weighted by Crippen LogP contribution is -2.52. The molecular formula is C25H26F2N2O2. The maximum absolute atomic E-state index is 13.3. The molecular weight excluding hydrogens is 398 g/mol. The number of hydrogen-bond acceptors (Lipinski definition) is 2. The zero-order valence-corrected chi connectivity index (χ0v) is 17.3. The van der Waals surface area contributed by atoms with Gasteiger partial charge in [-0.1, -0.05) is 24.3 Å². The van der Waals surface area contributed by atoms with Gasteiger partial charge in [0.1, 0.15) is 11.6 Å². The molecule has 2 atom stereocenters. The van der Waals surface area contributed by atoms with Crippen LogP contribution in [-0.4, -0.2) is 23.9 Å². The summed E-state index contributed by atoms with van der Waals surface area (Å²) in [5, 5.41) is 6.34. The van der Waals surface area contributed by atoms with E-state index in [-0.39, 0.29) is 35.5 Å². The van der Waals surface area contributed by atoms with Gasteiger partial charge in [-0.15, -0.1) is 0 Å². The molecule has 0 radical (unpaired) electrons. The maximum Gasteiger partial charge on any atom is 0.230 e. The van der Waals surface area contributed by atoms with E-state index in [0.29, 0.717) is 0 Å². The topological polar surface area (TPSA) is 58.2 Å². The monoisotopic (exact) mass is 424 g/mol. The van der Waals surface area contributed by atoms with Crippen molar-refractivity contribution < 1.29 is 18.4 Å². The number of hydrogen-bond donors (Lipinski definition) is 2. The van der Waals surface area contributed by atoms with Crippen LogP contribution in [0.5, 0.6) is 0 Å². The number of benzene rings is 2. The summed E-state index contributed by atoms with van der Waals surface area (Å²) in [6.07, 6.45) is 5.58. The molecule has 2 unspecified atom stereocenters. The Balaban J connectivity index is 1.25.